The van der Waals surface area contributed by atoms with Gasteiger partial charge in [-0.15, -0.1) is 0 Å². The summed E-state index contributed by atoms with van der Waals surface area (Å²) in [4.78, 5) is 53.9. The van der Waals surface area contributed by atoms with Gasteiger partial charge in [0.15, 0.2) is 18.2 Å². The van der Waals surface area contributed by atoms with Crippen molar-refractivity contribution >= 4 is 23.5 Å². The van der Waals surface area contributed by atoms with Crippen LogP contribution in [0, 0.1) is 39.4 Å². The van der Waals surface area contributed by atoms with Crippen LogP contribution in [0.5, 0.6) is 0 Å². The Balaban J connectivity index is 1.57. The van der Waals surface area contributed by atoms with Gasteiger partial charge in [0.1, 0.15) is 11.9 Å². The summed E-state index contributed by atoms with van der Waals surface area (Å²) in [5, 5.41) is 24.2. The number of aliphatic hydroxyl groups is 2. The molecule has 13 atom stereocenters. The topological polar surface area (TPSA) is 159 Å². The van der Waals surface area contributed by atoms with Crippen LogP contribution in [0.4, 0.5) is 0 Å². The van der Waals surface area contributed by atoms with E-state index in [0.717, 1.165) is 0 Å². The molecule has 0 aromatic carbocycles. The number of esters is 2. The summed E-state index contributed by atoms with van der Waals surface area (Å²) < 4.78 is 28.9. The molecule has 230 valence electrons. The van der Waals surface area contributed by atoms with Gasteiger partial charge in [-0.25, -0.2) is 0 Å². The molecule has 0 spiro atoms. The van der Waals surface area contributed by atoms with Crippen molar-refractivity contribution in [3.8, 4) is 0 Å². The highest BCUT2D eigenvalue weighted by atomic mass is 16.7. The van der Waals surface area contributed by atoms with Crippen molar-refractivity contribution in [3.05, 3.63) is 24.2 Å². The van der Waals surface area contributed by atoms with E-state index in [9.17, 15) is 24.6 Å². The quantitative estimate of drug-likeness (QED) is 0.497. The van der Waals surface area contributed by atoms with Gasteiger partial charge in [0.2, 0.25) is 0 Å². The second-order valence-electron chi connectivity index (χ2n) is 13.8. The van der Waals surface area contributed by atoms with Gasteiger partial charge in [-0.1, -0.05) is 20.8 Å². The second kappa shape index (κ2) is 9.45. The first kappa shape index (κ1) is 29.5. The molecule has 5 aliphatic rings. The van der Waals surface area contributed by atoms with Gasteiger partial charge in [-0.2, -0.15) is 0 Å². The lowest BCUT2D eigenvalue weighted by atomic mass is 9.33. The van der Waals surface area contributed by atoms with Crippen molar-refractivity contribution in [3.63, 3.8) is 0 Å². The first-order valence-corrected chi connectivity index (χ1v) is 14.6. The predicted octanol–water partition coefficient (Wildman–Crippen LogP) is 2.17. The third kappa shape index (κ3) is 3.42. The number of methoxy groups -OCH3 is 1. The molecule has 1 saturated heterocycles. The number of ether oxygens (including phenoxy) is 4. The van der Waals surface area contributed by atoms with E-state index in [1.54, 1.807) is 19.9 Å². The largest absolute Gasteiger partial charge is 0.472 e. The van der Waals surface area contributed by atoms with E-state index in [1.165, 1.54) is 33.5 Å². The molecule has 0 unspecified atom stereocenters. The molecule has 0 radical (unpaired) electrons. The monoisotopic (exact) mass is 588 g/mol. The van der Waals surface area contributed by atoms with Crippen molar-refractivity contribution in [1.29, 1.82) is 0 Å². The molecule has 42 heavy (non-hydrogen) atoms. The number of Topliss-reactive ketones (excluding diaryl/α,β-unsaturated/α-hetero) is 2. The zero-order chi connectivity index (χ0) is 30.6. The van der Waals surface area contributed by atoms with Crippen molar-refractivity contribution < 1.29 is 52.8 Å². The number of aliphatic hydroxyl groups excluding tert-OH is 2. The maximum absolute atomic E-state index is 15.0. The number of fused-ring (bicyclic) bond motifs is 3. The Labute approximate surface area is 244 Å². The maximum Gasteiger partial charge on any atom is 0.303 e. The molecule has 6 rings (SSSR count). The van der Waals surface area contributed by atoms with E-state index >= 15 is 4.79 Å². The van der Waals surface area contributed by atoms with Crippen LogP contribution in [0.3, 0.4) is 0 Å². The van der Waals surface area contributed by atoms with Gasteiger partial charge in [-0.05, 0) is 24.0 Å². The smallest absolute Gasteiger partial charge is 0.303 e. The molecule has 11 heteroatoms. The maximum atomic E-state index is 15.0. The number of rotatable bonds is 4. The molecule has 0 amide bonds. The molecule has 4 saturated carbocycles. The first-order chi connectivity index (χ1) is 19.7. The minimum atomic E-state index is -1.33. The van der Waals surface area contributed by atoms with Crippen molar-refractivity contribution in [2.24, 2.45) is 39.4 Å². The van der Waals surface area contributed by atoms with Crippen LogP contribution in [-0.2, 0) is 38.1 Å². The van der Waals surface area contributed by atoms with Crippen molar-refractivity contribution in [2.45, 2.75) is 90.5 Å². The lowest BCUT2D eigenvalue weighted by Crippen LogP contribution is -2.80. The molecule has 4 aliphatic carbocycles. The number of hydrogen-bond acceptors (Lipinski definition) is 11. The minimum absolute atomic E-state index is 0.0114. The van der Waals surface area contributed by atoms with Crippen LogP contribution < -0.4 is 0 Å². The van der Waals surface area contributed by atoms with E-state index in [0.29, 0.717) is 5.56 Å². The molecule has 2 heterocycles. The minimum Gasteiger partial charge on any atom is -0.472 e. The summed E-state index contributed by atoms with van der Waals surface area (Å²) >= 11 is 0. The highest BCUT2D eigenvalue weighted by Gasteiger charge is 2.82. The van der Waals surface area contributed by atoms with E-state index in [4.69, 9.17) is 23.4 Å². The van der Waals surface area contributed by atoms with Crippen LogP contribution in [-0.4, -0.2) is 78.1 Å². The zero-order valence-electron chi connectivity index (χ0n) is 24.8. The zero-order valence-corrected chi connectivity index (χ0v) is 24.8. The van der Waals surface area contributed by atoms with E-state index < -0.39 is 93.8 Å². The average molecular weight is 589 g/mol. The van der Waals surface area contributed by atoms with Crippen LogP contribution in [0.1, 0.15) is 65.4 Å². The molecule has 2 N–H and O–H groups in total. The van der Waals surface area contributed by atoms with E-state index in [-0.39, 0.29) is 31.7 Å². The summed E-state index contributed by atoms with van der Waals surface area (Å²) in [6.45, 7) is 7.81. The third-order valence-corrected chi connectivity index (χ3v) is 12.1. The summed E-state index contributed by atoms with van der Waals surface area (Å²) in [7, 11) is 1.48. The van der Waals surface area contributed by atoms with Gasteiger partial charge in [0, 0.05) is 67.8 Å². The Kier molecular flexibility index (Phi) is 6.63. The van der Waals surface area contributed by atoms with Gasteiger partial charge >= 0.3 is 11.9 Å². The Hall–Kier alpha value is -2.60. The van der Waals surface area contributed by atoms with Crippen LogP contribution >= 0.6 is 0 Å². The summed E-state index contributed by atoms with van der Waals surface area (Å²) in [6.07, 6.45) is -2.11. The SMILES string of the molecule is CO[C@@H]1OC[C@]23[C@@H](O)C[C@@H](OC(C)=O)[C@@]1(C)[C@@H]2C[C@@H](O)[C@@]1(C)[C@@H]2C(=O)C[C@@H](c4ccoc4)[C@]2(C)[C@@H](OC(C)=O)C(=O)[C@@H]13. The van der Waals surface area contributed by atoms with Crippen LogP contribution in [0.25, 0.3) is 0 Å². The van der Waals surface area contributed by atoms with Crippen molar-refractivity contribution in [1.82, 2.24) is 0 Å². The molecule has 2 bridgehead atoms. The number of hydrogen-bond donors (Lipinski definition) is 2. The number of carbonyl (C=O) groups excluding carboxylic acids is 4. The molecular formula is C31H40O11. The van der Waals surface area contributed by atoms with Gasteiger partial charge < -0.3 is 33.6 Å². The molecular weight excluding hydrogens is 548 g/mol. The average Bonchev–Trinajstić information content (AvgIpc) is 3.53. The van der Waals surface area contributed by atoms with Crippen molar-refractivity contribution in [2.75, 3.05) is 13.7 Å². The van der Waals surface area contributed by atoms with E-state index in [1.807, 2.05) is 6.92 Å². The molecule has 5 fully saturated rings. The number of carbonyl (C=O) groups is 4. The highest BCUT2D eigenvalue weighted by molar-refractivity contribution is 5.97. The molecule has 11 nitrogen and oxygen atoms in total. The summed E-state index contributed by atoms with van der Waals surface area (Å²) in [6, 6.07) is 1.74. The fourth-order valence-electron chi connectivity index (χ4n) is 10.6. The Bertz CT molecular complexity index is 1310. The summed E-state index contributed by atoms with van der Waals surface area (Å²) in [5.74, 6) is -4.90. The summed E-state index contributed by atoms with van der Waals surface area (Å²) in [5.41, 5.74) is -4.13. The van der Waals surface area contributed by atoms with Crippen LogP contribution in [0.2, 0.25) is 0 Å². The second-order valence-corrected chi connectivity index (χ2v) is 13.8. The number of furan rings is 1. The first-order valence-electron chi connectivity index (χ1n) is 14.6. The Morgan fingerprint density at radius 1 is 0.952 bits per heavy atom. The Morgan fingerprint density at radius 3 is 2.24 bits per heavy atom. The fourth-order valence-corrected chi connectivity index (χ4v) is 10.6. The lowest BCUT2D eigenvalue weighted by molar-refractivity contribution is -0.375. The van der Waals surface area contributed by atoms with Gasteiger partial charge in [-0.3, -0.25) is 19.2 Å². The third-order valence-electron chi connectivity index (χ3n) is 12.1. The fraction of sp³-hybridized carbons (Fsp3) is 0.742. The number of ketones is 2. The van der Waals surface area contributed by atoms with Gasteiger partial charge in [0.05, 0.1) is 36.8 Å². The normalized spacial score (nSPS) is 49.5. The van der Waals surface area contributed by atoms with Gasteiger partial charge in [0.25, 0.3) is 0 Å². The molecule has 1 aliphatic heterocycles. The highest BCUT2D eigenvalue weighted by Crippen LogP contribution is 2.75. The lowest BCUT2D eigenvalue weighted by Gasteiger charge is -2.73. The predicted molar refractivity (Wildman–Crippen MR) is 142 cm³/mol. The standard InChI is InChI=1S/C31H40O11/c1-14(32)41-22-11-21(36)31-13-40-27(38-6)29(22,4)19(31)10-20(35)30(5)24-18(34)9-17(16-7-8-39-12-16)28(24,3)26(42-15(2)33)23(37)25(30)31/h7-8,12,17,19-22,24-27,35-36H,9-11,13H2,1-6H3/t17-,19-,20+,21-,22+,24+,25-,26-,27+,28-,29+,30-,31+/m0/s1. The van der Waals surface area contributed by atoms with Crippen LogP contribution in [0.15, 0.2) is 23.0 Å². The Morgan fingerprint density at radius 2 is 1.64 bits per heavy atom. The molecule has 1 aromatic rings. The molecule has 1 aromatic heterocycles. The van der Waals surface area contributed by atoms with E-state index in [2.05, 4.69) is 0 Å².